The second kappa shape index (κ2) is 3.37. The van der Waals surface area contributed by atoms with Crippen molar-refractivity contribution in [1.82, 2.24) is 4.90 Å². The second-order valence-corrected chi connectivity index (χ2v) is 5.24. The quantitative estimate of drug-likeness (QED) is 0.583. The van der Waals surface area contributed by atoms with E-state index in [1.165, 1.54) is 19.4 Å². The van der Waals surface area contributed by atoms with E-state index in [-0.39, 0.29) is 0 Å². The molecule has 0 N–H and O–H groups in total. The lowest BCUT2D eigenvalue weighted by Gasteiger charge is -2.44. The molecule has 0 aromatic rings. The molecule has 1 aliphatic rings. The molecular weight excluding hydrogens is 146 g/mol. The number of piperidine rings is 1. The minimum Gasteiger partial charge on any atom is -0.301 e. The van der Waals surface area contributed by atoms with Gasteiger partial charge in [0, 0.05) is 12.1 Å². The number of hydrogen-bond donors (Lipinski definition) is 0. The zero-order valence-electron chi connectivity index (χ0n) is 9.22. The van der Waals surface area contributed by atoms with Gasteiger partial charge in [-0.05, 0) is 45.6 Å². The molecule has 1 atom stereocenters. The molecular formula is C11H23N. The molecule has 1 saturated heterocycles. The number of hydrogen-bond acceptors (Lipinski definition) is 1. The molecule has 1 heteroatoms. The molecule has 0 aromatic carbocycles. The van der Waals surface area contributed by atoms with Crippen LogP contribution in [0.2, 0.25) is 0 Å². The molecule has 1 fully saturated rings. The summed E-state index contributed by atoms with van der Waals surface area (Å²) < 4.78 is 0. The van der Waals surface area contributed by atoms with Crippen molar-refractivity contribution in [2.75, 3.05) is 13.6 Å². The van der Waals surface area contributed by atoms with Gasteiger partial charge in [0.25, 0.3) is 0 Å². The highest BCUT2D eigenvalue weighted by Gasteiger charge is 2.32. The Morgan fingerprint density at radius 2 is 1.92 bits per heavy atom. The van der Waals surface area contributed by atoms with Crippen molar-refractivity contribution in [3.05, 3.63) is 0 Å². The Morgan fingerprint density at radius 1 is 1.33 bits per heavy atom. The average Bonchev–Trinajstić information content (AvgIpc) is 1.94. The van der Waals surface area contributed by atoms with E-state index in [9.17, 15) is 0 Å². The fourth-order valence-corrected chi connectivity index (χ4v) is 1.96. The van der Waals surface area contributed by atoms with Crippen molar-refractivity contribution in [2.24, 2.45) is 11.8 Å². The van der Waals surface area contributed by atoms with Crippen molar-refractivity contribution in [1.29, 1.82) is 0 Å². The molecule has 0 amide bonds. The fourth-order valence-electron chi connectivity index (χ4n) is 1.96. The van der Waals surface area contributed by atoms with Crippen LogP contribution in [0, 0.1) is 11.8 Å². The third-order valence-electron chi connectivity index (χ3n) is 3.61. The van der Waals surface area contributed by atoms with Crippen LogP contribution in [0.1, 0.15) is 40.5 Å². The Balaban J connectivity index is 2.52. The maximum absolute atomic E-state index is 2.52. The molecule has 12 heavy (non-hydrogen) atoms. The maximum Gasteiger partial charge on any atom is 0.0150 e. The van der Waals surface area contributed by atoms with E-state index in [1.54, 1.807) is 0 Å². The van der Waals surface area contributed by atoms with Gasteiger partial charge in [0.15, 0.2) is 0 Å². The predicted molar refractivity (Wildman–Crippen MR) is 54.3 cm³/mol. The summed E-state index contributed by atoms with van der Waals surface area (Å²) in [5, 5.41) is 0. The highest BCUT2D eigenvalue weighted by Crippen LogP contribution is 2.32. The standard InChI is InChI=1S/C11H23N/c1-9(2)10-6-7-11(3,4)12(5)8-10/h9-10H,6-8H2,1-5H3. The molecule has 72 valence electrons. The first-order valence-electron chi connectivity index (χ1n) is 5.15. The van der Waals surface area contributed by atoms with Gasteiger partial charge in [0.2, 0.25) is 0 Å². The Kier molecular flexibility index (Phi) is 2.82. The van der Waals surface area contributed by atoms with Crippen molar-refractivity contribution in [3.63, 3.8) is 0 Å². The molecule has 0 aliphatic carbocycles. The van der Waals surface area contributed by atoms with Crippen LogP contribution < -0.4 is 0 Å². The summed E-state index contributed by atoms with van der Waals surface area (Å²) in [6.07, 6.45) is 2.77. The molecule has 1 nitrogen and oxygen atoms in total. The molecule has 1 heterocycles. The van der Waals surface area contributed by atoms with Crippen molar-refractivity contribution >= 4 is 0 Å². The highest BCUT2D eigenvalue weighted by atomic mass is 15.2. The first kappa shape index (κ1) is 10.0. The maximum atomic E-state index is 2.52. The van der Waals surface area contributed by atoms with Gasteiger partial charge in [0.1, 0.15) is 0 Å². The minimum absolute atomic E-state index is 0.436. The topological polar surface area (TPSA) is 3.24 Å². The fraction of sp³-hybridized carbons (Fsp3) is 1.00. The zero-order valence-corrected chi connectivity index (χ0v) is 9.22. The molecule has 0 aromatic heterocycles. The van der Waals surface area contributed by atoms with Gasteiger partial charge in [-0.25, -0.2) is 0 Å². The van der Waals surface area contributed by atoms with Crippen LogP contribution in [-0.4, -0.2) is 24.0 Å². The van der Waals surface area contributed by atoms with Crippen molar-refractivity contribution in [2.45, 2.75) is 46.1 Å². The molecule has 0 spiro atoms. The summed E-state index contributed by atoms with van der Waals surface area (Å²) in [5.74, 6) is 1.77. The molecule has 1 rings (SSSR count). The second-order valence-electron chi connectivity index (χ2n) is 5.24. The smallest absolute Gasteiger partial charge is 0.0150 e. The molecule has 0 saturated carbocycles. The lowest BCUT2D eigenvalue weighted by molar-refractivity contribution is 0.0554. The van der Waals surface area contributed by atoms with Crippen LogP contribution >= 0.6 is 0 Å². The minimum atomic E-state index is 0.436. The van der Waals surface area contributed by atoms with Gasteiger partial charge in [-0.1, -0.05) is 13.8 Å². The van der Waals surface area contributed by atoms with E-state index in [0.717, 1.165) is 11.8 Å². The summed E-state index contributed by atoms with van der Waals surface area (Å²) in [5.41, 5.74) is 0.436. The van der Waals surface area contributed by atoms with E-state index in [4.69, 9.17) is 0 Å². The van der Waals surface area contributed by atoms with Crippen LogP contribution in [0.4, 0.5) is 0 Å². The van der Waals surface area contributed by atoms with Gasteiger partial charge in [-0.3, -0.25) is 0 Å². The molecule has 1 aliphatic heterocycles. The Hall–Kier alpha value is -0.0400. The number of nitrogens with zero attached hydrogens (tertiary/aromatic N) is 1. The summed E-state index contributed by atoms with van der Waals surface area (Å²) >= 11 is 0. The molecule has 0 bridgehead atoms. The van der Waals surface area contributed by atoms with Gasteiger partial charge >= 0.3 is 0 Å². The first-order valence-corrected chi connectivity index (χ1v) is 5.15. The first-order chi connectivity index (χ1) is 5.43. The van der Waals surface area contributed by atoms with E-state index >= 15 is 0 Å². The van der Waals surface area contributed by atoms with Gasteiger partial charge < -0.3 is 4.90 Å². The van der Waals surface area contributed by atoms with Crippen LogP contribution in [0.25, 0.3) is 0 Å². The Labute approximate surface area is 77.1 Å². The van der Waals surface area contributed by atoms with E-state index in [0.29, 0.717) is 5.54 Å². The largest absolute Gasteiger partial charge is 0.301 e. The molecule has 0 radical (unpaired) electrons. The average molecular weight is 169 g/mol. The SMILES string of the molecule is CC(C)C1CCC(C)(C)N(C)C1. The lowest BCUT2D eigenvalue weighted by Crippen LogP contribution is -2.48. The van der Waals surface area contributed by atoms with Crippen molar-refractivity contribution in [3.8, 4) is 0 Å². The summed E-state index contributed by atoms with van der Waals surface area (Å²) in [6, 6.07) is 0. The van der Waals surface area contributed by atoms with Crippen LogP contribution in [0.3, 0.4) is 0 Å². The number of likely N-dealkylation sites (tertiary alicyclic amines) is 1. The van der Waals surface area contributed by atoms with Gasteiger partial charge in [0.05, 0.1) is 0 Å². The van der Waals surface area contributed by atoms with E-state index < -0.39 is 0 Å². The van der Waals surface area contributed by atoms with E-state index in [1.807, 2.05) is 0 Å². The summed E-state index contributed by atoms with van der Waals surface area (Å²) in [6.45, 7) is 10.7. The van der Waals surface area contributed by atoms with Gasteiger partial charge in [-0.2, -0.15) is 0 Å². The lowest BCUT2D eigenvalue weighted by atomic mass is 9.80. The third kappa shape index (κ3) is 2.01. The normalized spacial score (nSPS) is 31.0. The number of rotatable bonds is 1. The Morgan fingerprint density at radius 3 is 2.33 bits per heavy atom. The zero-order chi connectivity index (χ0) is 9.35. The van der Waals surface area contributed by atoms with Crippen LogP contribution in [0.15, 0.2) is 0 Å². The summed E-state index contributed by atoms with van der Waals surface area (Å²) in [7, 11) is 2.26. The van der Waals surface area contributed by atoms with Gasteiger partial charge in [-0.15, -0.1) is 0 Å². The van der Waals surface area contributed by atoms with E-state index in [2.05, 4.69) is 39.6 Å². The predicted octanol–water partition coefficient (Wildman–Crippen LogP) is 2.76. The van der Waals surface area contributed by atoms with Crippen molar-refractivity contribution < 1.29 is 0 Å². The summed E-state index contributed by atoms with van der Waals surface area (Å²) in [4.78, 5) is 2.52. The van der Waals surface area contributed by atoms with Crippen LogP contribution in [-0.2, 0) is 0 Å². The Bertz CT molecular complexity index is 149. The van der Waals surface area contributed by atoms with Crippen LogP contribution in [0.5, 0.6) is 0 Å². The third-order valence-corrected chi connectivity index (χ3v) is 3.61. The molecule has 1 unspecified atom stereocenters. The highest BCUT2D eigenvalue weighted by molar-refractivity contribution is 4.87. The monoisotopic (exact) mass is 169 g/mol.